The normalized spacial score (nSPS) is 15.6. The fourth-order valence-electron chi connectivity index (χ4n) is 1.97. The Morgan fingerprint density at radius 1 is 0.700 bits per heavy atom. The fraction of sp³-hybridized carbons (Fsp3) is 0.909. The third-order valence-electron chi connectivity index (χ3n) is 7.40. The van der Waals surface area contributed by atoms with Crippen LogP contribution in [0.25, 0.3) is 0 Å². The lowest BCUT2D eigenvalue weighted by atomic mass is 10.2. The van der Waals surface area contributed by atoms with Gasteiger partial charge >= 0.3 is 5.97 Å². The van der Waals surface area contributed by atoms with Crippen molar-refractivity contribution in [1.82, 2.24) is 4.98 Å². The van der Waals surface area contributed by atoms with Crippen LogP contribution in [-0.2, 0) is 18.4 Å². The van der Waals surface area contributed by atoms with E-state index in [9.17, 15) is 9.59 Å². The highest BCUT2D eigenvalue weighted by molar-refractivity contribution is 6.78. The Bertz CT molecular complexity index is 624. The predicted octanol–water partition coefficient (Wildman–Crippen LogP) is 6.44. The van der Waals surface area contributed by atoms with Gasteiger partial charge in [-0.2, -0.15) is 0 Å². The van der Waals surface area contributed by atoms with Gasteiger partial charge in [-0.1, -0.05) is 75.4 Å². The van der Waals surface area contributed by atoms with E-state index in [-0.39, 0.29) is 33.5 Å². The molecule has 0 aromatic heterocycles. The lowest BCUT2D eigenvalue weighted by Crippen LogP contribution is -2.60. The van der Waals surface area contributed by atoms with Crippen LogP contribution in [0.2, 0.25) is 54.4 Å². The van der Waals surface area contributed by atoms with Crippen LogP contribution in [0, 0.1) is 0 Å². The Morgan fingerprint density at radius 3 is 1.40 bits per heavy atom. The molecule has 1 N–H and O–H groups in total. The van der Waals surface area contributed by atoms with Gasteiger partial charge in [0.1, 0.15) is 14.3 Å². The summed E-state index contributed by atoms with van der Waals surface area (Å²) in [6.45, 7) is 31.8. The standard InChI is InChI=1S/C22H49NO4Si3/c1-20(2,3)28(10,11)23-17(19(25)27-30(14,15)22(7,8)9)16-18(24)26-29(12,13)21(4,5)6/h17,23H,16H2,1-15H3/t17-/m0/s1. The molecule has 0 aromatic rings. The molecular formula is C22H49NO4Si3. The van der Waals surface area contributed by atoms with Crippen LogP contribution >= 0.6 is 0 Å². The summed E-state index contributed by atoms with van der Waals surface area (Å²) in [5.74, 6) is -0.636. The molecule has 0 aliphatic heterocycles. The van der Waals surface area contributed by atoms with Crippen LogP contribution in [-0.4, -0.2) is 42.9 Å². The Morgan fingerprint density at radius 2 is 1.07 bits per heavy atom. The van der Waals surface area contributed by atoms with E-state index in [1.165, 1.54) is 0 Å². The minimum absolute atomic E-state index is 0.00642. The van der Waals surface area contributed by atoms with Gasteiger partial charge in [0.05, 0.1) is 6.42 Å². The molecule has 0 aromatic carbocycles. The number of hydrogen-bond donors (Lipinski definition) is 1. The molecule has 0 heterocycles. The third kappa shape index (κ3) is 7.91. The Labute approximate surface area is 189 Å². The molecule has 0 saturated carbocycles. The van der Waals surface area contributed by atoms with Gasteiger partial charge < -0.3 is 13.8 Å². The number of hydrogen-bond acceptors (Lipinski definition) is 5. The van der Waals surface area contributed by atoms with Gasteiger partial charge in [0.2, 0.25) is 0 Å². The average molecular weight is 476 g/mol. The highest BCUT2D eigenvalue weighted by atomic mass is 28.4. The third-order valence-corrected chi connectivity index (χ3v) is 20.9. The van der Waals surface area contributed by atoms with Crippen LogP contribution in [0.3, 0.4) is 0 Å². The summed E-state index contributed by atoms with van der Waals surface area (Å²) in [6.07, 6.45) is 0.00642. The zero-order valence-corrected chi connectivity index (χ0v) is 25.4. The van der Waals surface area contributed by atoms with E-state index in [0.29, 0.717) is 0 Å². The maximum atomic E-state index is 13.3. The quantitative estimate of drug-likeness (QED) is 0.429. The zero-order chi connectivity index (χ0) is 24.6. The number of rotatable bonds is 7. The first-order valence-corrected chi connectivity index (χ1v) is 19.9. The maximum absolute atomic E-state index is 13.3. The molecule has 0 bridgehead atoms. The molecule has 30 heavy (non-hydrogen) atoms. The topological polar surface area (TPSA) is 64.6 Å². The molecule has 0 rings (SSSR count). The molecule has 0 fully saturated rings. The van der Waals surface area contributed by atoms with Crippen molar-refractivity contribution in [1.29, 1.82) is 0 Å². The second-order valence-electron chi connectivity index (χ2n) is 13.2. The van der Waals surface area contributed by atoms with Gasteiger partial charge in [-0.15, -0.1) is 0 Å². The molecule has 0 aliphatic rings. The first-order valence-electron chi connectivity index (χ1n) is 11.1. The van der Waals surface area contributed by atoms with E-state index in [0.717, 1.165) is 0 Å². The van der Waals surface area contributed by atoms with E-state index in [1.807, 2.05) is 0 Å². The Balaban J connectivity index is 5.76. The van der Waals surface area contributed by atoms with Gasteiger partial charge in [0.25, 0.3) is 22.6 Å². The van der Waals surface area contributed by atoms with Gasteiger partial charge in [0.15, 0.2) is 0 Å². The molecule has 0 aliphatic carbocycles. The Hall–Kier alpha value is -0.449. The van der Waals surface area contributed by atoms with Gasteiger partial charge in [-0.25, -0.2) is 0 Å². The largest absolute Gasteiger partial charge is 0.519 e. The number of carbonyl (C=O) groups excluding carboxylic acids is 2. The van der Waals surface area contributed by atoms with Crippen LogP contribution in [0.4, 0.5) is 0 Å². The van der Waals surface area contributed by atoms with Crippen LogP contribution in [0.15, 0.2) is 0 Å². The molecule has 5 nitrogen and oxygen atoms in total. The van der Waals surface area contributed by atoms with Crippen molar-refractivity contribution < 1.29 is 18.4 Å². The summed E-state index contributed by atoms with van der Waals surface area (Å²) >= 11 is 0. The monoisotopic (exact) mass is 475 g/mol. The summed E-state index contributed by atoms with van der Waals surface area (Å²) in [5, 5.41) is -0.148. The van der Waals surface area contributed by atoms with Gasteiger partial charge in [0, 0.05) is 0 Å². The first kappa shape index (κ1) is 29.6. The van der Waals surface area contributed by atoms with Crippen LogP contribution in [0.5, 0.6) is 0 Å². The summed E-state index contributed by atoms with van der Waals surface area (Å²) < 4.78 is 12.0. The van der Waals surface area contributed by atoms with E-state index < -0.39 is 30.9 Å². The SMILES string of the molecule is CC(C)(C)[Si](C)(C)N[C@@H](CC(=O)O[Si](C)(C)C(C)(C)C)C(=O)O[Si](C)(C)C(C)(C)C. The predicted molar refractivity (Wildman–Crippen MR) is 135 cm³/mol. The zero-order valence-electron chi connectivity index (χ0n) is 22.4. The molecule has 0 radical (unpaired) electrons. The fourth-order valence-corrected chi connectivity index (χ4v) is 5.40. The maximum Gasteiger partial charge on any atom is 0.309 e. The lowest BCUT2D eigenvalue weighted by molar-refractivity contribution is -0.143. The molecule has 0 saturated heterocycles. The minimum Gasteiger partial charge on any atom is -0.519 e. The number of carbonyl (C=O) groups is 2. The van der Waals surface area contributed by atoms with Crippen LogP contribution in [0.1, 0.15) is 68.7 Å². The lowest BCUT2D eigenvalue weighted by Gasteiger charge is -2.42. The molecule has 1 atom stereocenters. The second-order valence-corrected chi connectivity index (χ2v) is 27.7. The summed E-state index contributed by atoms with van der Waals surface area (Å²) in [4.78, 5) is 29.8. The molecule has 178 valence electrons. The summed E-state index contributed by atoms with van der Waals surface area (Å²) in [7, 11) is -6.59. The van der Waals surface area contributed by atoms with Crippen molar-refractivity contribution in [2.24, 2.45) is 0 Å². The van der Waals surface area contributed by atoms with Gasteiger partial charge in [-0.05, 0) is 41.3 Å². The summed E-state index contributed by atoms with van der Waals surface area (Å²) in [5.41, 5.74) is 0. The van der Waals surface area contributed by atoms with Crippen molar-refractivity contribution in [3.8, 4) is 0 Å². The van der Waals surface area contributed by atoms with Crippen molar-refractivity contribution in [3.63, 3.8) is 0 Å². The van der Waals surface area contributed by atoms with Crippen molar-refractivity contribution in [3.05, 3.63) is 0 Å². The van der Waals surface area contributed by atoms with Gasteiger partial charge in [-0.3, -0.25) is 9.59 Å². The van der Waals surface area contributed by atoms with E-state index in [2.05, 4.69) is 107 Å². The second kappa shape index (κ2) is 9.19. The van der Waals surface area contributed by atoms with Crippen molar-refractivity contribution in [2.75, 3.05) is 0 Å². The molecule has 0 spiro atoms. The number of nitrogens with one attached hydrogen (secondary N) is 1. The Kier molecular flexibility index (Phi) is 9.06. The molecule has 0 amide bonds. The first-order chi connectivity index (χ1) is 12.8. The highest BCUT2D eigenvalue weighted by Gasteiger charge is 2.46. The van der Waals surface area contributed by atoms with E-state index >= 15 is 0 Å². The van der Waals surface area contributed by atoms with Crippen molar-refractivity contribution in [2.45, 2.75) is 129 Å². The molecule has 0 unspecified atom stereocenters. The van der Waals surface area contributed by atoms with Crippen molar-refractivity contribution >= 4 is 36.8 Å². The van der Waals surface area contributed by atoms with E-state index in [1.54, 1.807) is 0 Å². The van der Waals surface area contributed by atoms with E-state index in [4.69, 9.17) is 8.85 Å². The molecular weight excluding hydrogens is 427 g/mol. The summed E-state index contributed by atoms with van der Waals surface area (Å²) in [6, 6.07) is -0.683. The highest BCUT2D eigenvalue weighted by Crippen LogP contribution is 2.39. The molecule has 8 heteroatoms. The smallest absolute Gasteiger partial charge is 0.309 e. The minimum atomic E-state index is -2.30. The van der Waals surface area contributed by atoms with Crippen LogP contribution < -0.4 is 4.98 Å². The average Bonchev–Trinajstić information content (AvgIpc) is 2.41.